The van der Waals surface area contributed by atoms with Crippen LogP contribution in [0.2, 0.25) is 0 Å². The molecule has 0 fully saturated rings. The molecule has 4 rings (SSSR count). The van der Waals surface area contributed by atoms with Gasteiger partial charge < -0.3 is 0 Å². The van der Waals surface area contributed by atoms with Crippen LogP contribution < -0.4 is 0 Å². The summed E-state index contributed by atoms with van der Waals surface area (Å²) in [5.41, 5.74) is 7.46. The fourth-order valence-corrected chi connectivity index (χ4v) is 5.04. The zero-order valence-electron chi connectivity index (χ0n) is 19.9. The lowest BCUT2D eigenvalue weighted by molar-refractivity contribution is 0.589. The third-order valence-electron chi connectivity index (χ3n) is 5.91. The Bertz CT molecular complexity index is 1220. The molecule has 0 atom stereocenters. The van der Waals surface area contributed by atoms with Gasteiger partial charge in [0.1, 0.15) is 5.82 Å². The van der Waals surface area contributed by atoms with E-state index in [1.54, 1.807) is 23.9 Å². The van der Waals surface area contributed by atoms with E-state index in [0.29, 0.717) is 6.54 Å². The van der Waals surface area contributed by atoms with Gasteiger partial charge in [0.25, 0.3) is 0 Å². The monoisotopic (exact) mass is 459 g/mol. The van der Waals surface area contributed by atoms with Gasteiger partial charge in [-0.1, -0.05) is 75.0 Å². The molecule has 0 unspecified atom stereocenters. The van der Waals surface area contributed by atoms with Gasteiger partial charge in [-0.2, -0.15) is 0 Å². The predicted molar refractivity (Wildman–Crippen MR) is 135 cm³/mol. The Labute approximate surface area is 200 Å². The van der Waals surface area contributed by atoms with Crippen LogP contribution in [0.1, 0.15) is 48.6 Å². The smallest absolute Gasteiger partial charge is 0.192 e. The first kappa shape index (κ1) is 23.2. The Morgan fingerprint density at radius 1 is 0.879 bits per heavy atom. The lowest BCUT2D eigenvalue weighted by Gasteiger charge is -2.22. The molecule has 0 aliphatic carbocycles. The van der Waals surface area contributed by atoms with E-state index in [4.69, 9.17) is 0 Å². The Morgan fingerprint density at radius 3 is 2.12 bits per heavy atom. The summed E-state index contributed by atoms with van der Waals surface area (Å²) < 4.78 is 15.6. The number of benzene rings is 3. The molecule has 4 aromatic rings. The van der Waals surface area contributed by atoms with Crippen LogP contribution in [0.3, 0.4) is 0 Å². The minimum absolute atomic E-state index is 0.126. The molecular formula is C28H30FN3S. The molecule has 0 amide bonds. The number of hydrogen-bond donors (Lipinski definition) is 0. The highest BCUT2D eigenvalue weighted by Crippen LogP contribution is 2.32. The van der Waals surface area contributed by atoms with Gasteiger partial charge in [-0.25, -0.2) is 4.39 Å². The number of hydrogen-bond acceptors (Lipinski definition) is 3. The molecule has 0 spiro atoms. The molecule has 3 aromatic carbocycles. The van der Waals surface area contributed by atoms with Gasteiger partial charge in [0.15, 0.2) is 11.0 Å². The van der Waals surface area contributed by atoms with Crippen molar-refractivity contribution in [1.82, 2.24) is 14.8 Å². The van der Waals surface area contributed by atoms with E-state index in [2.05, 4.69) is 73.6 Å². The first-order chi connectivity index (χ1) is 15.7. The average molecular weight is 460 g/mol. The summed E-state index contributed by atoms with van der Waals surface area (Å²) in [6.45, 7) is 11.8. The van der Waals surface area contributed by atoms with Crippen molar-refractivity contribution in [3.63, 3.8) is 0 Å². The summed E-state index contributed by atoms with van der Waals surface area (Å²) in [5.74, 6) is 1.31. The van der Waals surface area contributed by atoms with Crippen LogP contribution >= 0.6 is 11.8 Å². The molecule has 0 aliphatic heterocycles. The Balaban J connectivity index is 1.66. The summed E-state index contributed by atoms with van der Waals surface area (Å²) in [6, 6.07) is 21.3. The first-order valence-corrected chi connectivity index (χ1v) is 12.2. The van der Waals surface area contributed by atoms with Crippen molar-refractivity contribution < 1.29 is 4.39 Å². The van der Waals surface area contributed by atoms with E-state index in [9.17, 15) is 4.39 Å². The van der Waals surface area contributed by atoms with Gasteiger partial charge in [0, 0.05) is 11.3 Å². The molecule has 0 aliphatic rings. The fraction of sp³-hybridized carbons (Fsp3) is 0.286. The van der Waals surface area contributed by atoms with Crippen molar-refractivity contribution in [3.05, 3.63) is 100 Å². The van der Waals surface area contributed by atoms with E-state index in [-0.39, 0.29) is 11.2 Å². The quantitative estimate of drug-likeness (QED) is 0.283. The third kappa shape index (κ3) is 5.36. The third-order valence-corrected chi connectivity index (χ3v) is 6.90. The van der Waals surface area contributed by atoms with E-state index in [1.165, 1.54) is 39.9 Å². The summed E-state index contributed by atoms with van der Waals surface area (Å²) in [6.07, 6.45) is 0. The van der Waals surface area contributed by atoms with Gasteiger partial charge in [-0.15, -0.1) is 10.2 Å². The summed E-state index contributed by atoms with van der Waals surface area (Å²) in [4.78, 5) is 0. The van der Waals surface area contributed by atoms with Crippen molar-refractivity contribution >= 4 is 11.8 Å². The molecule has 0 N–H and O–H groups in total. The summed E-state index contributed by atoms with van der Waals surface area (Å²) in [7, 11) is 0. The highest BCUT2D eigenvalue weighted by molar-refractivity contribution is 7.98. The van der Waals surface area contributed by atoms with Gasteiger partial charge >= 0.3 is 0 Å². The Hall–Kier alpha value is -2.92. The second-order valence-corrected chi connectivity index (χ2v) is 10.5. The van der Waals surface area contributed by atoms with Crippen LogP contribution in [0.4, 0.5) is 4.39 Å². The number of aryl methyl sites for hydroxylation is 2. The molecule has 1 heterocycles. The van der Waals surface area contributed by atoms with Crippen molar-refractivity contribution in [1.29, 1.82) is 0 Å². The number of thioether (sulfide) groups is 1. The summed E-state index contributed by atoms with van der Waals surface area (Å²) >= 11 is 1.70. The van der Waals surface area contributed by atoms with Gasteiger partial charge in [0.2, 0.25) is 0 Å². The normalized spacial score (nSPS) is 11.7. The van der Waals surface area contributed by atoms with Gasteiger partial charge in [-0.05, 0) is 71.3 Å². The maximum absolute atomic E-state index is 13.5. The highest BCUT2D eigenvalue weighted by Gasteiger charge is 2.19. The fourth-order valence-electron chi connectivity index (χ4n) is 3.91. The van der Waals surface area contributed by atoms with E-state index < -0.39 is 0 Å². The van der Waals surface area contributed by atoms with Crippen LogP contribution in [-0.4, -0.2) is 14.8 Å². The maximum Gasteiger partial charge on any atom is 0.192 e. The van der Waals surface area contributed by atoms with Gasteiger partial charge in [0.05, 0.1) is 6.54 Å². The van der Waals surface area contributed by atoms with Crippen molar-refractivity contribution in [2.24, 2.45) is 0 Å². The number of aromatic nitrogens is 3. The lowest BCUT2D eigenvalue weighted by Crippen LogP contribution is -2.12. The minimum atomic E-state index is -0.257. The SMILES string of the molecule is Cc1cc(C(C)(C)C)cc(C)c1CSc1nnc(-c2ccc(F)cc2)n1Cc1ccccc1. The van der Waals surface area contributed by atoms with E-state index >= 15 is 0 Å². The topological polar surface area (TPSA) is 30.7 Å². The molecule has 5 heteroatoms. The molecule has 0 saturated heterocycles. The molecule has 0 radical (unpaired) electrons. The van der Waals surface area contributed by atoms with E-state index in [1.807, 2.05) is 18.2 Å². The molecule has 33 heavy (non-hydrogen) atoms. The van der Waals surface area contributed by atoms with Crippen LogP contribution in [-0.2, 0) is 17.7 Å². The molecule has 0 bridgehead atoms. The maximum atomic E-state index is 13.5. The molecular weight excluding hydrogens is 429 g/mol. The predicted octanol–water partition coefficient (Wildman–Crippen LogP) is 7.34. The Kier molecular flexibility index (Phi) is 6.71. The highest BCUT2D eigenvalue weighted by atomic mass is 32.2. The lowest BCUT2D eigenvalue weighted by atomic mass is 9.84. The summed E-state index contributed by atoms with van der Waals surface area (Å²) in [5, 5.41) is 9.87. The minimum Gasteiger partial charge on any atom is -0.298 e. The standard InChI is InChI=1S/C28H30FN3S/c1-19-15-23(28(3,4)5)16-20(2)25(19)18-33-27-31-30-26(22-11-13-24(29)14-12-22)32(27)17-21-9-7-6-8-10-21/h6-16H,17-18H2,1-5H3. The zero-order valence-corrected chi connectivity index (χ0v) is 20.7. The van der Waals surface area contributed by atoms with Crippen LogP contribution in [0.25, 0.3) is 11.4 Å². The second kappa shape index (κ2) is 9.52. The molecule has 1 aromatic heterocycles. The number of nitrogens with zero attached hydrogens (tertiary/aromatic N) is 3. The Morgan fingerprint density at radius 2 is 1.52 bits per heavy atom. The largest absolute Gasteiger partial charge is 0.298 e. The second-order valence-electron chi connectivity index (χ2n) is 9.51. The van der Waals surface area contributed by atoms with Gasteiger partial charge in [-0.3, -0.25) is 4.57 Å². The van der Waals surface area contributed by atoms with Crippen molar-refractivity contribution in [2.45, 2.75) is 57.5 Å². The average Bonchev–Trinajstić information content (AvgIpc) is 3.16. The first-order valence-electron chi connectivity index (χ1n) is 11.2. The molecule has 3 nitrogen and oxygen atoms in total. The van der Waals surface area contributed by atoms with Crippen molar-refractivity contribution in [2.75, 3.05) is 0 Å². The van der Waals surface area contributed by atoms with Crippen LogP contribution in [0, 0.1) is 19.7 Å². The molecule has 170 valence electrons. The van der Waals surface area contributed by atoms with E-state index in [0.717, 1.165) is 22.3 Å². The number of rotatable bonds is 6. The van der Waals surface area contributed by atoms with Crippen molar-refractivity contribution in [3.8, 4) is 11.4 Å². The van der Waals surface area contributed by atoms with Crippen LogP contribution in [0.15, 0.2) is 71.9 Å². The molecule has 0 saturated carbocycles. The number of halogens is 1. The van der Waals surface area contributed by atoms with Crippen LogP contribution in [0.5, 0.6) is 0 Å². The zero-order chi connectivity index (χ0) is 23.6.